The third-order valence-corrected chi connectivity index (χ3v) is 3.56. The highest BCUT2D eigenvalue weighted by molar-refractivity contribution is 6.35. The van der Waals surface area contributed by atoms with E-state index in [0.717, 1.165) is 25.7 Å². The van der Waals surface area contributed by atoms with Crippen LogP contribution in [-0.4, -0.2) is 43.4 Å². The van der Waals surface area contributed by atoms with Gasteiger partial charge in [-0.05, 0) is 19.8 Å². The van der Waals surface area contributed by atoms with E-state index in [-0.39, 0.29) is 6.10 Å². The number of hydrogen-bond donors (Lipinski definition) is 2. The molecule has 0 unspecified atom stereocenters. The smallest absolute Gasteiger partial charge is 0.309 e. The van der Waals surface area contributed by atoms with Crippen molar-refractivity contribution in [1.29, 1.82) is 0 Å². The summed E-state index contributed by atoms with van der Waals surface area (Å²) in [7, 11) is 0. The number of carbonyl (C=O) groups is 2. The summed E-state index contributed by atoms with van der Waals surface area (Å²) < 4.78 is 11.7. The fraction of sp³-hybridized carbons (Fsp3) is 0.846. The van der Waals surface area contributed by atoms with Gasteiger partial charge >= 0.3 is 11.8 Å². The van der Waals surface area contributed by atoms with Gasteiger partial charge in [-0.25, -0.2) is 0 Å². The summed E-state index contributed by atoms with van der Waals surface area (Å²) in [6.45, 7) is 3.01. The summed E-state index contributed by atoms with van der Waals surface area (Å²) in [5.74, 6) is -1.65. The molecule has 0 aromatic carbocycles. The maximum absolute atomic E-state index is 11.4. The normalized spacial score (nSPS) is 25.2. The van der Waals surface area contributed by atoms with Gasteiger partial charge < -0.3 is 20.1 Å². The van der Waals surface area contributed by atoms with E-state index in [0.29, 0.717) is 19.7 Å². The molecule has 6 heteroatoms. The molecule has 6 nitrogen and oxygen atoms in total. The van der Waals surface area contributed by atoms with E-state index in [1.165, 1.54) is 6.42 Å². The lowest BCUT2D eigenvalue weighted by Crippen LogP contribution is -2.43. The lowest BCUT2D eigenvalue weighted by molar-refractivity contribution is -0.186. The van der Waals surface area contributed by atoms with Crippen LogP contribution < -0.4 is 10.6 Å². The first kappa shape index (κ1) is 14.3. The molecular weight excluding hydrogens is 248 g/mol. The molecule has 2 N–H and O–H groups in total. The molecule has 19 heavy (non-hydrogen) atoms. The van der Waals surface area contributed by atoms with Crippen LogP contribution in [0.4, 0.5) is 0 Å². The minimum atomic E-state index is -0.616. The Morgan fingerprint density at radius 2 is 1.84 bits per heavy atom. The number of ether oxygens (including phenoxy) is 2. The van der Waals surface area contributed by atoms with Crippen LogP contribution in [0.15, 0.2) is 0 Å². The van der Waals surface area contributed by atoms with E-state index in [1.807, 2.05) is 0 Å². The van der Waals surface area contributed by atoms with Gasteiger partial charge in [0.05, 0.1) is 6.61 Å². The lowest BCUT2D eigenvalue weighted by atomic mass is 9.94. The predicted octanol–water partition coefficient (Wildman–Crippen LogP) is 0.315. The van der Waals surface area contributed by atoms with Crippen molar-refractivity contribution in [2.75, 3.05) is 19.7 Å². The maximum atomic E-state index is 11.4. The second-order valence-corrected chi connectivity index (χ2v) is 5.09. The molecule has 2 rings (SSSR count). The molecule has 108 valence electrons. The number of carbonyl (C=O) groups excluding carboxylic acids is 2. The summed E-state index contributed by atoms with van der Waals surface area (Å²) in [6, 6.07) is 0. The van der Waals surface area contributed by atoms with Gasteiger partial charge in [0.1, 0.15) is 6.10 Å². The maximum Gasteiger partial charge on any atom is 0.309 e. The van der Waals surface area contributed by atoms with Crippen LogP contribution >= 0.6 is 0 Å². The molecule has 1 spiro atoms. The van der Waals surface area contributed by atoms with Gasteiger partial charge in [0.15, 0.2) is 5.79 Å². The Hall–Kier alpha value is -1.14. The molecule has 1 atom stereocenters. The van der Waals surface area contributed by atoms with E-state index >= 15 is 0 Å². The molecule has 0 radical (unpaired) electrons. The molecule has 0 aromatic rings. The number of hydrogen-bond acceptors (Lipinski definition) is 4. The Bertz CT molecular complexity index is 340. The highest BCUT2D eigenvalue weighted by Crippen LogP contribution is 2.37. The van der Waals surface area contributed by atoms with Crippen LogP contribution in [0.25, 0.3) is 0 Å². The summed E-state index contributed by atoms with van der Waals surface area (Å²) in [4.78, 5) is 22.7. The molecule has 1 aliphatic heterocycles. The zero-order valence-electron chi connectivity index (χ0n) is 11.4. The fourth-order valence-electron chi connectivity index (χ4n) is 2.60. The van der Waals surface area contributed by atoms with Crippen molar-refractivity contribution in [3.05, 3.63) is 0 Å². The van der Waals surface area contributed by atoms with Gasteiger partial charge in [-0.2, -0.15) is 0 Å². The van der Waals surface area contributed by atoms with E-state index in [9.17, 15) is 9.59 Å². The molecule has 2 fully saturated rings. The van der Waals surface area contributed by atoms with Gasteiger partial charge in [0, 0.05) is 25.9 Å². The summed E-state index contributed by atoms with van der Waals surface area (Å²) >= 11 is 0. The Kier molecular flexibility index (Phi) is 4.76. The molecule has 2 amide bonds. The molecule has 1 saturated carbocycles. The Labute approximate surface area is 113 Å². The molecule has 1 heterocycles. The highest BCUT2D eigenvalue weighted by Gasteiger charge is 2.42. The molecular formula is C13H22N2O4. The lowest BCUT2D eigenvalue weighted by Gasteiger charge is -2.31. The van der Waals surface area contributed by atoms with Crippen molar-refractivity contribution in [3.8, 4) is 0 Å². The van der Waals surface area contributed by atoms with E-state index in [2.05, 4.69) is 10.6 Å². The van der Waals surface area contributed by atoms with Crippen LogP contribution in [0.3, 0.4) is 0 Å². The standard InChI is InChI=1S/C13H22N2O4/c1-2-14-11(16)12(17)15-8-10-9-18-13(19-10)6-4-3-5-7-13/h10H,2-9H2,1H3,(H,14,16)(H,15,17)/t10-/m1/s1. The minimum Gasteiger partial charge on any atom is -0.348 e. The van der Waals surface area contributed by atoms with E-state index < -0.39 is 17.6 Å². The monoisotopic (exact) mass is 270 g/mol. The first-order valence-electron chi connectivity index (χ1n) is 7.03. The van der Waals surface area contributed by atoms with Crippen molar-refractivity contribution < 1.29 is 19.1 Å². The number of amides is 2. The molecule has 2 aliphatic rings. The number of likely N-dealkylation sites (N-methyl/N-ethyl adjacent to an activating group) is 1. The fourth-order valence-corrected chi connectivity index (χ4v) is 2.60. The first-order chi connectivity index (χ1) is 9.15. The van der Waals surface area contributed by atoms with Crippen molar-refractivity contribution in [2.45, 2.75) is 50.9 Å². The largest absolute Gasteiger partial charge is 0.348 e. The van der Waals surface area contributed by atoms with Crippen molar-refractivity contribution in [2.24, 2.45) is 0 Å². The Balaban J connectivity index is 1.73. The minimum absolute atomic E-state index is 0.156. The molecule has 1 saturated heterocycles. The number of nitrogens with one attached hydrogen (secondary N) is 2. The topological polar surface area (TPSA) is 76.7 Å². The van der Waals surface area contributed by atoms with E-state index in [4.69, 9.17) is 9.47 Å². The van der Waals surface area contributed by atoms with Crippen LogP contribution in [0.5, 0.6) is 0 Å². The Morgan fingerprint density at radius 1 is 1.16 bits per heavy atom. The van der Waals surface area contributed by atoms with E-state index in [1.54, 1.807) is 6.92 Å². The average Bonchev–Trinajstić information content (AvgIpc) is 2.80. The zero-order chi connectivity index (χ0) is 13.7. The van der Waals surface area contributed by atoms with Gasteiger partial charge in [0.2, 0.25) is 0 Å². The third-order valence-electron chi connectivity index (χ3n) is 3.56. The van der Waals surface area contributed by atoms with Crippen LogP contribution in [0, 0.1) is 0 Å². The van der Waals surface area contributed by atoms with Crippen molar-refractivity contribution in [3.63, 3.8) is 0 Å². The quantitative estimate of drug-likeness (QED) is 0.724. The van der Waals surface area contributed by atoms with Gasteiger partial charge in [-0.1, -0.05) is 6.42 Å². The van der Waals surface area contributed by atoms with Crippen LogP contribution in [0.2, 0.25) is 0 Å². The van der Waals surface area contributed by atoms with Gasteiger partial charge in [0.25, 0.3) is 0 Å². The van der Waals surface area contributed by atoms with Gasteiger partial charge in [-0.15, -0.1) is 0 Å². The summed E-state index contributed by atoms with van der Waals surface area (Å²) in [6.07, 6.45) is 5.17. The first-order valence-corrected chi connectivity index (χ1v) is 7.03. The summed E-state index contributed by atoms with van der Waals surface area (Å²) in [5.41, 5.74) is 0. The predicted molar refractivity (Wildman–Crippen MR) is 68.3 cm³/mol. The van der Waals surface area contributed by atoms with Crippen LogP contribution in [-0.2, 0) is 19.1 Å². The SMILES string of the molecule is CCNC(=O)C(=O)NC[C@@H]1COC2(CCCCC2)O1. The number of rotatable bonds is 3. The Morgan fingerprint density at radius 3 is 2.53 bits per heavy atom. The van der Waals surface area contributed by atoms with Gasteiger partial charge in [-0.3, -0.25) is 9.59 Å². The molecule has 0 aromatic heterocycles. The molecule has 0 bridgehead atoms. The summed E-state index contributed by atoms with van der Waals surface area (Å²) in [5, 5.41) is 5.03. The third kappa shape index (κ3) is 3.67. The zero-order valence-corrected chi connectivity index (χ0v) is 11.4. The van der Waals surface area contributed by atoms with Crippen molar-refractivity contribution in [1.82, 2.24) is 10.6 Å². The highest BCUT2D eigenvalue weighted by atomic mass is 16.7. The van der Waals surface area contributed by atoms with Crippen molar-refractivity contribution >= 4 is 11.8 Å². The molecule has 1 aliphatic carbocycles. The average molecular weight is 270 g/mol. The second-order valence-electron chi connectivity index (χ2n) is 5.09. The van der Waals surface area contributed by atoms with Crippen LogP contribution in [0.1, 0.15) is 39.0 Å². The second kappa shape index (κ2) is 6.34.